The number of nitrogens with one attached hydrogen (secondary N) is 1. The first kappa shape index (κ1) is 22.7. The molecule has 2 aliphatic carbocycles. The Labute approximate surface area is 200 Å². The highest BCUT2D eigenvalue weighted by Crippen LogP contribution is 2.56. The summed E-state index contributed by atoms with van der Waals surface area (Å²) >= 11 is 0. The molecule has 1 aliphatic heterocycles. The molecule has 1 saturated heterocycles. The summed E-state index contributed by atoms with van der Waals surface area (Å²) < 4.78 is 5.08. The molecule has 2 bridgehead atoms. The molecule has 0 unspecified atom stereocenters. The van der Waals surface area contributed by atoms with Gasteiger partial charge < -0.3 is 10.1 Å². The fourth-order valence-corrected chi connectivity index (χ4v) is 5.73. The number of imide groups is 1. The van der Waals surface area contributed by atoms with Gasteiger partial charge in [-0.3, -0.25) is 29.4 Å². The molecule has 2 saturated carbocycles. The topological polar surface area (TPSA) is 136 Å². The molecule has 180 valence electrons. The maximum Gasteiger partial charge on any atom is 0.338 e. The molecule has 10 heteroatoms. The number of carbonyl (C=O) groups excluding carboxylic acids is 4. The van der Waals surface area contributed by atoms with E-state index in [1.165, 1.54) is 35.2 Å². The fraction of sp³-hybridized carbons (Fsp3) is 0.360. The van der Waals surface area contributed by atoms with Crippen molar-refractivity contribution in [3.8, 4) is 0 Å². The van der Waals surface area contributed by atoms with Crippen molar-refractivity contribution in [2.75, 3.05) is 16.8 Å². The highest BCUT2D eigenvalue weighted by Gasteiger charge is 2.61. The highest BCUT2D eigenvalue weighted by atomic mass is 16.6. The van der Waals surface area contributed by atoms with Crippen molar-refractivity contribution in [1.29, 1.82) is 0 Å². The summed E-state index contributed by atoms with van der Waals surface area (Å²) in [5, 5.41) is 13.5. The first-order valence-corrected chi connectivity index (χ1v) is 11.4. The molecule has 3 fully saturated rings. The highest BCUT2D eigenvalue weighted by molar-refractivity contribution is 6.22. The Morgan fingerprint density at radius 1 is 1.09 bits per heavy atom. The van der Waals surface area contributed by atoms with E-state index in [-0.39, 0.29) is 52.4 Å². The molecule has 35 heavy (non-hydrogen) atoms. The van der Waals surface area contributed by atoms with Gasteiger partial charge in [-0.05, 0) is 62.3 Å². The molecule has 10 nitrogen and oxygen atoms in total. The number of amides is 3. The molecule has 5 rings (SSSR count). The first-order valence-electron chi connectivity index (χ1n) is 11.4. The van der Waals surface area contributed by atoms with Crippen LogP contribution in [0.2, 0.25) is 0 Å². The number of nitrogens with zero attached hydrogens (tertiary/aromatic N) is 2. The molecule has 0 radical (unpaired) electrons. The molecular weight excluding hydrogens is 454 g/mol. The fourth-order valence-electron chi connectivity index (χ4n) is 5.73. The Hall–Kier alpha value is -4.08. The van der Waals surface area contributed by atoms with Gasteiger partial charge >= 0.3 is 5.97 Å². The quantitative estimate of drug-likeness (QED) is 0.292. The lowest BCUT2D eigenvalue weighted by Gasteiger charge is -2.19. The van der Waals surface area contributed by atoms with Crippen LogP contribution in [0, 0.1) is 40.7 Å². The predicted octanol–water partition coefficient (Wildman–Crippen LogP) is 3.23. The number of hydrogen-bond acceptors (Lipinski definition) is 7. The molecule has 1 heterocycles. The van der Waals surface area contributed by atoms with Crippen molar-refractivity contribution >= 4 is 40.8 Å². The van der Waals surface area contributed by atoms with E-state index in [1.807, 2.05) is 0 Å². The van der Waals surface area contributed by atoms with Crippen LogP contribution in [0.15, 0.2) is 42.5 Å². The Kier molecular flexibility index (Phi) is 5.58. The number of ether oxygens (including phenoxy) is 1. The third-order valence-corrected chi connectivity index (χ3v) is 7.29. The summed E-state index contributed by atoms with van der Waals surface area (Å²) in [5.74, 6) is -1.89. The molecular formula is C25H23N3O7. The van der Waals surface area contributed by atoms with E-state index in [4.69, 9.17) is 4.74 Å². The van der Waals surface area contributed by atoms with Crippen LogP contribution in [0.3, 0.4) is 0 Å². The van der Waals surface area contributed by atoms with Gasteiger partial charge in [-0.25, -0.2) is 4.79 Å². The van der Waals surface area contributed by atoms with E-state index >= 15 is 0 Å². The average Bonchev–Trinajstić information content (AvgIpc) is 3.52. The van der Waals surface area contributed by atoms with Crippen molar-refractivity contribution in [3.05, 3.63) is 63.7 Å². The molecule has 2 aromatic carbocycles. The molecule has 3 amide bonds. The van der Waals surface area contributed by atoms with Gasteiger partial charge in [0.2, 0.25) is 11.8 Å². The Bertz CT molecular complexity index is 1250. The van der Waals surface area contributed by atoms with Gasteiger partial charge in [0.1, 0.15) is 0 Å². The van der Waals surface area contributed by atoms with Crippen molar-refractivity contribution in [3.63, 3.8) is 0 Å². The summed E-state index contributed by atoms with van der Waals surface area (Å²) in [5.41, 5.74) is 0.933. The van der Waals surface area contributed by atoms with E-state index in [0.29, 0.717) is 11.3 Å². The second kappa shape index (κ2) is 8.61. The van der Waals surface area contributed by atoms with Crippen LogP contribution in [0.4, 0.5) is 17.1 Å². The Balaban J connectivity index is 1.23. The number of fused-ring (bicyclic) bond motifs is 5. The Morgan fingerprint density at radius 2 is 1.77 bits per heavy atom. The Morgan fingerprint density at radius 3 is 2.43 bits per heavy atom. The van der Waals surface area contributed by atoms with Gasteiger partial charge in [-0.15, -0.1) is 0 Å². The van der Waals surface area contributed by atoms with Gasteiger partial charge in [-0.1, -0.05) is 12.1 Å². The molecule has 1 N–H and O–H groups in total. The van der Waals surface area contributed by atoms with E-state index in [2.05, 4.69) is 5.32 Å². The smallest absolute Gasteiger partial charge is 0.338 e. The minimum atomic E-state index is -0.795. The SMILES string of the molecule is Cc1ccc(NC(=O)COC(=O)c2cccc(N3C(=O)[C@H]4[C@H]5CC[C@@H](C5)[C@@H]4C3=O)c2)cc1[N+](=O)[O-]. The van der Waals surface area contributed by atoms with Crippen molar-refractivity contribution < 1.29 is 28.8 Å². The summed E-state index contributed by atoms with van der Waals surface area (Å²) in [6.07, 6.45) is 2.89. The van der Waals surface area contributed by atoms with Crippen LogP contribution in [0.5, 0.6) is 0 Å². The van der Waals surface area contributed by atoms with E-state index in [9.17, 15) is 29.3 Å². The zero-order chi connectivity index (χ0) is 24.9. The molecule has 3 aliphatic rings. The summed E-state index contributed by atoms with van der Waals surface area (Å²) in [6.45, 7) is 0.972. The van der Waals surface area contributed by atoms with Crippen LogP contribution in [0.25, 0.3) is 0 Å². The zero-order valence-corrected chi connectivity index (χ0v) is 18.9. The van der Waals surface area contributed by atoms with Gasteiger partial charge in [0.05, 0.1) is 28.0 Å². The number of hydrogen-bond donors (Lipinski definition) is 1. The average molecular weight is 477 g/mol. The van der Waals surface area contributed by atoms with E-state index in [0.717, 1.165) is 19.3 Å². The zero-order valence-electron chi connectivity index (χ0n) is 18.9. The van der Waals surface area contributed by atoms with Crippen molar-refractivity contribution in [2.45, 2.75) is 26.2 Å². The number of carbonyl (C=O) groups is 4. The lowest BCUT2D eigenvalue weighted by molar-refractivity contribution is -0.385. The first-order chi connectivity index (χ1) is 16.7. The minimum Gasteiger partial charge on any atom is -0.452 e. The number of anilines is 2. The van der Waals surface area contributed by atoms with Gasteiger partial charge in [-0.2, -0.15) is 0 Å². The van der Waals surface area contributed by atoms with Gasteiger partial charge in [0, 0.05) is 17.3 Å². The van der Waals surface area contributed by atoms with Gasteiger partial charge in [0.15, 0.2) is 6.61 Å². The molecule has 0 spiro atoms. The third kappa shape index (κ3) is 3.94. The monoisotopic (exact) mass is 477 g/mol. The molecule has 2 aromatic rings. The molecule has 0 aromatic heterocycles. The van der Waals surface area contributed by atoms with Crippen molar-refractivity contribution in [1.82, 2.24) is 0 Å². The largest absolute Gasteiger partial charge is 0.452 e. The van der Waals surface area contributed by atoms with Gasteiger partial charge in [0.25, 0.3) is 11.6 Å². The van der Waals surface area contributed by atoms with Crippen molar-refractivity contribution in [2.24, 2.45) is 23.7 Å². The second-order valence-corrected chi connectivity index (χ2v) is 9.33. The summed E-state index contributed by atoms with van der Waals surface area (Å²) in [7, 11) is 0. The van der Waals surface area contributed by atoms with Crippen LogP contribution >= 0.6 is 0 Å². The lowest BCUT2D eigenvalue weighted by atomic mass is 9.81. The summed E-state index contributed by atoms with van der Waals surface area (Å²) in [6, 6.07) is 10.3. The normalized spacial score (nSPS) is 24.4. The second-order valence-electron chi connectivity index (χ2n) is 9.33. The number of nitro groups is 1. The number of esters is 1. The lowest BCUT2D eigenvalue weighted by Crippen LogP contribution is -2.32. The number of nitro benzene ring substituents is 1. The number of rotatable bonds is 6. The van der Waals surface area contributed by atoms with Crippen LogP contribution < -0.4 is 10.2 Å². The van der Waals surface area contributed by atoms with Crippen LogP contribution in [0.1, 0.15) is 35.2 Å². The predicted molar refractivity (Wildman–Crippen MR) is 123 cm³/mol. The molecule has 4 atom stereocenters. The third-order valence-electron chi connectivity index (χ3n) is 7.29. The summed E-state index contributed by atoms with van der Waals surface area (Å²) in [4.78, 5) is 62.5. The van der Waals surface area contributed by atoms with E-state index < -0.39 is 23.4 Å². The number of benzene rings is 2. The maximum absolute atomic E-state index is 13.0. The standard InChI is InChI=1S/C25H23N3O7/c1-13-5-8-17(11-19(13)28(33)34)26-20(29)12-35-25(32)16-3-2-4-18(10-16)27-23(30)21-14-6-7-15(9-14)22(21)24(27)31/h2-5,8,10-11,14-15,21-22H,6-7,9,12H2,1H3,(H,26,29)/t14-,15-,21-,22-/m0/s1. The van der Waals surface area contributed by atoms with Crippen LogP contribution in [-0.2, 0) is 19.1 Å². The minimum absolute atomic E-state index is 0.0990. The van der Waals surface area contributed by atoms with Crippen LogP contribution in [-0.4, -0.2) is 35.2 Å². The van der Waals surface area contributed by atoms with E-state index in [1.54, 1.807) is 19.1 Å². The maximum atomic E-state index is 13.0. The number of aryl methyl sites for hydroxylation is 1.